The molecular formula is C30H36N2O. The van der Waals surface area contributed by atoms with Crippen LogP contribution in [-0.4, -0.2) is 37.6 Å². The van der Waals surface area contributed by atoms with Gasteiger partial charge in [0.1, 0.15) is 12.4 Å². The van der Waals surface area contributed by atoms with Gasteiger partial charge in [0.2, 0.25) is 0 Å². The zero-order valence-electron chi connectivity index (χ0n) is 19.9. The van der Waals surface area contributed by atoms with E-state index in [0.29, 0.717) is 6.61 Å². The molecule has 0 bridgehead atoms. The summed E-state index contributed by atoms with van der Waals surface area (Å²) >= 11 is 0. The van der Waals surface area contributed by atoms with E-state index in [4.69, 9.17) is 4.74 Å². The summed E-state index contributed by atoms with van der Waals surface area (Å²) in [7, 11) is 0. The number of fused-ring (bicyclic) bond motifs is 1. The number of hydrogen-bond acceptors (Lipinski definition) is 3. The van der Waals surface area contributed by atoms with E-state index < -0.39 is 0 Å². The topological polar surface area (TPSA) is 15.7 Å². The van der Waals surface area contributed by atoms with Crippen molar-refractivity contribution in [3.8, 4) is 5.75 Å². The van der Waals surface area contributed by atoms with Crippen molar-refractivity contribution in [3.63, 3.8) is 0 Å². The Bertz CT molecular complexity index is 1050. The van der Waals surface area contributed by atoms with Crippen molar-refractivity contribution in [1.29, 1.82) is 0 Å². The highest BCUT2D eigenvalue weighted by atomic mass is 16.5. The molecule has 0 spiro atoms. The Morgan fingerprint density at radius 1 is 0.758 bits per heavy atom. The quantitative estimate of drug-likeness (QED) is 0.461. The number of rotatable bonds is 7. The summed E-state index contributed by atoms with van der Waals surface area (Å²) in [4.78, 5) is 5.13. The van der Waals surface area contributed by atoms with Crippen LogP contribution in [0.5, 0.6) is 5.75 Å². The fourth-order valence-corrected chi connectivity index (χ4v) is 5.19. The van der Waals surface area contributed by atoms with Gasteiger partial charge in [0.25, 0.3) is 0 Å². The first kappa shape index (κ1) is 22.0. The van der Waals surface area contributed by atoms with Crippen molar-refractivity contribution >= 4 is 5.69 Å². The highest BCUT2D eigenvalue weighted by Gasteiger charge is 2.18. The number of benzene rings is 3. The normalized spacial score (nSPS) is 16.5. The third-order valence-electron chi connectivity index (χ3n) is 7.29. The Morgan fingerprint density at radius 3 is 2.27 bits per heavy atom. The van der Waals surface area contributed by atoms with E-state index in [2.05, 4.69) is 83.5 Å². The van der Waals surface area contributed by atoms with E-state index in [1.165, 1.54) is 59.2 Å². The van der Waals surface area contributed by atoms with E-state index in [9.17, 15) is 0 Å². The Labute approximate surface area is 199 Å². The lowest BCUT2D eigenvalue weighted by Crippen LogP contribution is -2.47. The summed E-state index contributed by atoms with van der Waals surface area (Å²) in [5.74, 6) is 1.00. The third kappa shape index (κ3) is 5.59. The molecule has 0 amide bonds. The van der Waals surface area contributed by atoms with Gasteiger partial charge < -0.3 is 9.64 Å². The molecule has 1 saturated heterocycles. The molecule has 3 heteroatoms. The standard InChI is InChI=1S/C30H36N2O/c1-24-6-2-5-9-30(24)32-20-18-31(19-21-32)17-16-25-10-12-26(13-11-25)23-33-29-15-14-27-7-3-4-8-28(27)22-29/h2,5-6,9-15,22H,3-4,7-8,16-21,23H2,1H3. The van der Waals surface area contributed by atoms with E-state index in [1.807, 2.05) is 0 Å². The van der Waals surface area contributed by atoms with Crippen LogP contribution in [0.15, 0.2) is 66.7 Å². The number of aryl methyl sites for hydroxylation is 3. The van der Waals surface area contributed by atoms with Crippen molar-refractivity contribution in [3.05, 3.63) is 94.5 Å². The molecule has 0 unspecified atom stereocenters. The molecule has 5 rings (SSSR count). The van der Waals surface area contributed by atoms with Crippen molar-refractivity contribution in [2.45, 2.75) is 45.6 Å². The Kier molecular flexibility index (Phi) is 6.97. The molecule has 1 aliphatic carbocycles. The van der Waals surface area contributed by atoms with Crippen molar-refractivity contribution in [1.82, 2.24) is 4.90 Å². The Morgan fingerprint density at radius 2 is 1.48 bits per heavy atom. The average molecular weight is 441 g/mol. The molecule has 33 heavy (non-hydrogen) atoms. The van der Waals surface area contributed by atoms with Gasteiger partial charge in [0.15, 0.2) is 0 Å². The summed E-state index contributed by atoms with van der Waals surface area (Å²) in [5, 5.41) is 0. The SMILES string of the molecule is Cc1ccccc1N1CCN(CCc2ccc(COc3ccc4c(c3)CCCC4)cc2)CC1. The maximum Gasteiger partial charge on any atom is 0.120 e. The van der Waals surface area contributed by atoms with Crippen LogP contribution in [0, 0.1) is 6.92 Å². The molecule has 1 fully saturated rings. The molecule has 0 N–H and O–H groups in total. The highest BCUT2D eigenvalue weighted by molar-refractivity contribution is 5.53. The van der Waals surface area contributed by atoms with Crippen LogP contribution in [0.1, 0.15) is 40.7 Å². The van der Waals surface area contributed by atoms with Crippen LogP contribution in [0.3, 0.4) is 0 Å². The Hall–Kier alpha value is -2.78. The minimum Gasteiger partial charge on any atom is -0.489 e. The third-order valence-corrected chi connectivity index (χ3v) is 7.29. The van der Waals surface area contributed by atoms with Crippen molar-refractivity contribution < 1.29 is 4.74 Å². The van der Waals surface area contributed by atoms with Crippen LogP contribution < -0.4 is 9.64 Å². The lowest BCUT2D eigenvalue weighted by atomic mass is 9.92. The van der Waals surface area contributed by atoms with Gasteiger partial charge in [-0.25, -0.2) is 0 Å². The van der Waals surface area contributed by atoms with Gasteiger partial charge >= 0.3 is 0 Å². The van der Waals surface area contributed by atoms with Gasteiger partial charge in [0, 0.05) is 38.4 Å². The second-order valence-corrected chi connectivity index (χ2v) is 9.61. The molecule has 0 saturated carbocycles. The first-order valence-electron chi connectivity index (χ1n) is 12.6. The summed E-state index contributed by atoms with van der Waals surface area (Å²) in [5.41, 5.74) is 8.41. The fraction of sp³-hybridized carbons (Fsp3) is 0.400. The predicted molar refractivity (Wildman–Crippen MR) is 137 cm³/mol. The number of ether oxygens (including phenoxy) is 1. The number of piperazine rings is 1. The number of hydrogen-bond donors (Lipinski definition) is 0. The molecule has 0 aromatic heterocycles. The van der Waals surface area contributed by atoms with Crippen LogP contribution in [0.4, 0.5) is 5.69 Å². The molecule has 3 aromatic rings. The number of anilines is 1. The zero-order chi connectivity index (χ0) is 22.5. The van der Waals surface area contributed by atoms with Crippen LogP contribution in [0.25, 0.3) is 0 Å². The van der Waals surface area contributed by atoms with Gasteiger partial charge in [0.05, 0.1) is 0 Å². The van der Waals surface area contributed by atoms with E-state index >= 15 is 0 Å². The maximum absolute atomic E-state index is 6.10. The highest BCUT2D eigenvalue weighted by Crippen LogP contribution is 2.26. The number of para-hydroxylation sites is 1. The van der Waals surface area contributed by atoms with Crippen LogP contribution in [0.2, 0.25) is 0 Å². The van der Waals surface area contributed by atoms with Crippen molar-refractivity contribution in [2.75, 3.05) is 37.6 Å². The van der Waals surface area contributed by atoms with Gasteiger partial charge in [-0.2, -0.15) is 0 Å². The predicted octanol–water partition coefficient (Wildman–Crippen LogP) is 5.82. The monoisotopic (exact) mass is 440 g/mol. The molecule has 1 heterocycles. The molecule has 3 aromatic carbocycles. The Balaban J connectivity index is 1.07. The van der Waals surface area contributed by atoms with Crippen LogP contribution >= 0.6 is 0 Å². The van der Waals surface area contributed by atoms with E-state index in [1.54, 1.807) is 0 Å². The molecule has 2 aliphatic rings. The summed E-state index contributed by atoms with van der Waals surface area (Å²) in [6.07, 6.45) is 6.15. The fourth-order valence-electron chi connectivity index (χ4n) is 5.19. The smallest absolute Gasteiger partial charge is 0.120 e. The molecular weight excluding hydrogens is 404 g/mol. The first-order valence-corrected chi connectivity index (χ1v) is 12.6. The lowest BCUT2D eigenvalue weighted by molar-refractivity contribution is 0.261. The molecule has 0 atom stereocenters. The van der Waals surface area contributed by atoms with E-state index in [-0.39, 0.29) is 0 Å². The molecule has 1 aliphatic heterocycles. The zero-order valence-corrected chi connectivity index (χ0v) is 19.9. The summed E-state index contributed by atoms with van der Waals surface area (Å²) < 4.78 is 6.10. The lowest BCUT2D eigenvalue weighted by Gasteiger charge is -2.36. The summed E-state index contributed by atoms with van der Waals surface area (Å²) in [6.45, 7) is 8.49. The van der Waals surface area contributed by atoms with Crippen molar-refractivity contribution in [2.24, 2.45) is 0 Å². The largest absolute Gasteiger partial charge is 0.489 e. The number of nitrogens with zero attached hydrogens (tertiary/aromatic N) is 2. The van der Waals surface area contributed by atoms with Gasteiger partial charge in [-0.15, -0.1) is 0 Å². The second kappa shape index (κ2) is 10.4. The van der Waals surface area contributed by atoms with Gasteiger partial charge in [-0.05, 0) is 85.0 Å². The minimum absolute atomic E-state index is 0.639. The second-order valence-electron chi connectivity index (χ2n) is 9.61. The average Bonchev–Trinajstić information content (AvgIpc) is 2.87. The van der Waals surface area contributed by atoms with E-state index in [0.717, 1.165) is 44.9 Å². The first-order chi connectivity index (χ1) is 16.2. The summed E-state index contributed by atoms with van der Waals surface area (Å²) in [6, 6.07) is 24.4. The minimum atomic E-state index is 0.639. The molecule has 172 valence electrons. The van der Waals surface area contributed by atoms with Crippen LogP contribution in [-0.2, 0) is 25.9 Å². The van der Waals surface area contributed by atoms with Gasteiger partial charge in [-0.1, -0.05) is 48.5 Å². The van der Waals surface area contributed by atoms with Gasteiger partial charge in [-0.3, -0.25) is 4.90 Å². The maximum atomic E-state index is 6.10. The molecule has 3 nitrogen and oxygen atoms in total. The molecule has 0 radical (unpaired) electrons.